The lowest BCUT2D eigenvalue weighted by Crippen LogP contribution is -2.38. The molecule has 0 aliphatic carbocycles. The first-order chi connectivity index (χ1) is 15.6. The number of piperidine rings is 1. The summed E-state index contributed by atoms with van der Waals surface area (Å²) in [6.45, 7) is 2.04. The van der Waals surface area contributed by atoms with Crippen molar-refractivity contribution >= 4 is 33.0 Å². The first-order valence-corrected chi connectivity index (χ1v) is 12.3. The van der Waals surface area contributed by atoms with Gasteiger partial charge in [0.2, 0.25) is 15.0 Å². The first-order valence-electron chi connectivity index (χ1n) is 10.0. The molecule has 3 aromatic rings. The lowest BCUT2D eigenvalue weighted by atomic mass is 9.99. The normalized spacial score (nSPS) is 15.5. The van der Waals surface area contributed by atoms with E-state index in [-0.39, 0.29) is 34.6 Å². The minimum absolute atomic E-state index is 0.0131. The number of aromatic nitrogens is 2. The van der Waals surface area contributed by atoms with E-state index in [2.05, 4.69) is 15.5 Å². The van der Waals surface area contributed by atoms with Gasteiger partial charge in [0.25, 0.3) is 5.91 Å². The molecule has 1 aliphatic rings. The maximum Gasteiger partial charge on any atom is 0.286 e. The minimum Gasteiger partial charge on any atom is -0.317 e. The van der Waals surface area contributed by atoms with Gasteiger partial charge in [0.05, 0.1) is 10.6 Å². The monoisotopic (exact) mass is 496 g/mol. The zero-order valence-electron chi connectivity index (χ0n) is 17.4. The number of carbonyl (C=O) groups excluding carboxylic acids is 1. The Hall–Kier alpha value is -2.83. The van der Waals surface area contributed by atoms with Crippen molar-refractivity contribution in [3.63, 3.8) is 0 Å². The minimum atomic E-state index is -3.84. The van der Waals surface area contributed by atoms with Crippen molar-refractivity contribution in [2.45, 2.75) is 30.6 Å². The van der Waals surface area contributed by atoms with Crippen LogP contribution in [0.5, 0.6) is 0 Å². The third-order valence-electron chi connectivity index (χ3n) is 5.39. The predicted molar refractivity (Wildman–Crippen MR) is 116 cm³/mol. The van der Waals surface area contributed by atoms with Gasteiger partial charge in [0.1, 0.15) is 22.5 Å². The topological polar surface area (TPSA) is 92.3 Å². The average Bonchev–Trinajstić information content (AvgIpc) is 3.28. The van der Waals surface area contributed by atoms with Gasteiger partial charge in [-0.2, -0.15) is 4.31 Å². The van der Waals surface area contributed by atoms with E-state index in [1.54, 1.807) is 6.92 Å². The highest BCUT2D eigenvalue weighted by molar-refractivity contribution is 7.89. The molecule has 12 heteroatoms. The molecule has 174 valence electrons. The third-order valence-corrected chi connectivity index (χ3v) is 8.51. The smallest absolute Gasteiger partial charge is 0.286 e. The van der Waals surface area contributed by atoms with Gasteiger partial charge in [-0.05, 0) is 49.6 Å². The van der Waals surface area contributed by atoms with E-state index in [9.17, 15) is 26.4 Å². The summed E-state index contributed by atoms with van der Waals surface area (Å²) >= 11 is 1.04. The van der Waals surface area contributed by atoms with E-state index in [1.807, 2.05) is 0 Å². The summed E-state index contributed by atoms with van der Waals surface area (Å²) in [6, 6.07) is 6.47. The average molecular weight is 497 g/mol. The van der Waals surface area contributed by atoms with Crippen LogP contribution in [0.15, 0.2) is 41.3 Å². The molecule has 1 amide bonds. The Morgan fingerprint density at radius 1 is 1.06 bits per heavy atom. The summed E-state index contributed by atoms with van der Waals surface area (Å²) in [6.07, 6.45) is 0.910. The van der Waals surface area contributed by atoms with Crippen LogP contribution in [0.1, 0.15) is 39.1 Å². The first kappa shape index (κ1) is 23.3. The molecule has 1 N–H and O–H groups in total. The van der Waals surface area contributed by atoms with E-state index in [0.29, 0.717) is 29.5 Å². The van der Waals surface area contributed by atoms with Gasteiger partial charge in [-0.1, -0.05) is 17.4 Å². The number of amides is 1. The number of aryl methyl sites for hydroxylation is 1. The molecule has 1 aliphatic heterocycles. The summed E-state index contributed by atoms with van der Waals surface area (Å²) in [5.74, 6) is -3.06. The molecule has 0 bridgehead atoms. The van der Waals surface area contributed by atoms with Gasteiger partial charge in [-0.25, -0.2) is 21.6 Å². The second-order valence-corrected chi connectivity index (χ2v) is 10.5. The lowest BCUT2D eigenvalue weighted by Gasteiger charge is -2.30. The Morgan fingerprint density at radius 3 is 2.42 bits per heavy atom. The quantitative estimate of drug-likeness (QED) is 0.575. The van der Waals surface area contributed by atoms with E-state index in [0.717, 1.165) is 29.5 Å². The molecule has 0 saturated carbocycles. The molecule has 0 spiro atoms. The molecule has 4 rings (SSSR count). The largest absolute Gasteiger partial charge is 0.317 e. The molecule has 2 heterocycles. The van der Waals surface area contributed by atoms with Crippen LogP contribution in [0.4, 0.5) is 18.9 Å². The fraction of sp³-hybridized carbons (Fsp3) is 0.286. The molecular formula is C21H19F3N4O3S2. The van der Waals surface area contributed by atoms with Crippen LogP contribution < -0.4 is 5.32 Å². The zero-order valence-corrected chi connectivity index (χ0v) is 19.0. The van der Waals surface area contributed by atoms with Gasteiger partial charge in [-0.3, -0.25) is 4.79 Å². The molecule has 0 atom stereocenters. The summed E-state index contributed by atoms with van der Waals surface area (Å²) in [4.78, 5) is 12.3. The summed E-state index contributed by atoms with van der Waals surface area (Å²) < 4.78 is 67.6. The number of nitrogens with one attached hydrogen (secondary N) is 1. The molecule has 0 unspecified atom stereocenters. The van der Waals surface area contributed by atoms with Crippen molar-refractivity contribution in [2.75, 3.05) is 18.4 Å². The Bertz CT molecular complexity index is 1310. The van der Waals surface area contributed by atoms with E-state index < -0.39 is 33.4 Å². The number of carbonyl (C=O) groups is 1. The standard InChI is InChI=1S/C21H19F3N4O3S2/c1-12-2-3-15(23)11-18(12)33(30,31)28-8-6-13(7-9-28)20-26-27-21(32-20)19(29)25-17-5-4-14(22)10-16(17)24/h2-5,10-11,13H,6-9H2,1H3,(H,25,29). The SMILES string of the molecule is Cc1ccc(F)cc1S(=O)(=O)N1CCC(c2nnc(C(=O)Nc3ccc(F)cc3F)s2)CC1. The molecule has 1 saturated heterocycles. The molecule has 7 nitrogen and oxygen atoms in total. The number of rotatable bonds is 5. The highest BCUT2D eigenvalue weighted by Gasteiger charge is 2.32. The van der Waals surface area contributed by atoms with Crippen molar-refractivity contribution in [1.29, 1.82) is 0 Å². The van der Waals surface area contributed by atoms with Gasteiger partial charge in [0.15, 0.2) is 0 Å². The van der Waals surface area contributed by atoms with Crippen LogP contribution in [0.2, 0.25) is 0 Å². The van der Waals surface area contributed by atoms with Crippen molar-refractivity contribution < 1.29 is 26.4 Å². The Kier molecular flexibility index (Phi) is 6.50. The van der Waals surface area contributed by atoms with Gasteiger partial charge >= 0.3 is 0 Å². The van der Waals surface area contributed by atoms with E-state index in [1.165, 1.54) is 16.4 Å². The van der Waals surface area contributed by atoms with Gasteiger partial charge < -0.3 is 5.32 Å². The predicted octanol–water partition coefficient (Wildman–Crippen LogP) is 4.08. The molecule has 0 radical (unpaired) electrons. The highest BCUT2D eigenvalue weighted by atomic mass is 32.2. The number of halogens is 3. The molecule has 1 fully saturated rings. The van der Waals surface area contributed by atoms with E-state index in [4.69, 9.17) is 0 Å². The van der Waals surface area contributed by atoms with Crippen LogP contribution in [0.25, 0.3) is 0 Å². The fourth-order valence-electron chi connectivity index (χ4n) is 3.59. The van der Waals surface area contributed by atoms with Crippen LogP contribution in [0.3, 0.4) is 0 Å². The van der Waals surface area contributed by atoms with Crippen molar-refractivity contribution in [3.8, 4) is 0 Å². The highest BCUT2D eigenvalue weighted by Crippen LogP contribution is 2.33. The van der Waals surface area contributed by atoms with Crippen LogP contribution >= 0.6 is 11.3 Å². The number of hydrogen-bond acceptors (Lipinski definition) is 6. The Labute approximate surface area is 192 Å². The third kappa shape index (κ3) is 4.92. The molecule has 1 aromatic heterocycles. The summed E-state index contributed by atoms with van der Waals surface area (Å²) in [7, 11) is -3.84. The van der Waals surface area contributed by atoms with Crippen molar-refractivity contribution in [1.82, 2.24) is 14.5 Å². The molecule has 33 heavy (non-hydrogen) atoms. The van der Waals surface area contributed by atoms with Crippen LogP contribution in [-0.4, -0.2) is 41.9 Å². The summed E-state index contributed by atoms with van der Waals surface area (Å²) in [5, 5.41) is 10.8. The van der Waals surface area contributed by atoms with Crippen molar-refractivity contribution in [3.05, 3.63) is 69.4 Å². The van der Waals surface area contributed by atoms with Crippen LogP contribution in [0, 0.1) is 24.4 Å². The Morgan fingerprint density at radius 2 is 1.73 bits per heavy atom. The second kappa shape index (κ2) is 9.20. The second-order valence-electron chi connectivity index (χ2n) is 7.61. The number of hydrogen-bond donors (Lipinski definition) is 1. The maximum atomic E-state index is 13.8. The van der Waals surface area contributed by atoms with Crippen LogP contribution in [-0.2, 0) is 10.0 Å². The van der Waals surface area contributed by atoms with E-state index >= 15 is 0 Å². The number of anilines is 1. The fourth-order valence-corrected chi connectivity index (χ4v) is 6.21. The molecular weight excluding hydrogens is 477 g/mol. The number of benzene rings is 2. The number of sulfonamides is 1. The summed E-state index contributed by atoms with van der Waals surface area (Å²) in [5.41, 5.74) is 0.292. The van der Waals surface area contributed by atoms with Gasteiger partial charge in [-0.15, -0.1) is 10.2 Å². The number of nitrogens with zero attached hydrogens (tertiary/aromatic N) is 3. The zero-order chi connectivity index (χ0) is 23.8. The van der Waals surface area contributed by atoms with Gasteiger partial charge in [0, 0.05) is 25.1 Å². The lowest BCUT2D eigenvalue weighted by molar-refractivity contribution is 0.102. The van der Waals surface area contributed by atoms with Crippen molar-refractivity contribution in [2.24, 2.45) is 0 Å². The molecule has 2 aromatic carbocycles. The maximum absolute atomic E-state index is 13.8. The Balaban J connectivity index is 1.41.